The van der Waals surface area contributed by atoms with Crippen molar-refractivity contribution in [3.8, 4) is 11.5 Å². The molecule has 0 radical (unpaired) electrons. The van der Waals surface area contributed by atoms with Crippen LogP contribution in [0.5, 0.6) is 11.5 Å². The van der Waals surface area contributed by atoms with E-state index in [2.05, 4.69) is 0 Å². The number of hydrogen-bond donors (Lipinski definition) is 2. The minimum Gasteiger partial charge on any atom is -0.507 e. The van der Waals surface area contributed by atoms with E-state index >= 15 is 0 Å². The van der Waals surface area contributed by atoms with Crippen LogP contribution in [0.15, 0.2) is 42.0 Å². The summed E-state index contributed by atoms with van der Waals surface area (Å²) in [5.41, 5.74) is 1.15. The number of hydrogen-bond acceptors (Lipinski definition) is 3. The Morgan fingerprint density at radius 3 is 2.32 bits per heavy atom. The van der Waals surface area contributed by atoms with Gasteiger partial charge in [0, 0.05) is 5.56 Å². The Labute approximate surface area is 177 Å². The standard InChI is InChI=1S/C23H22F4O4/c1-14(2)3-10-18-19(31-12-11-23(25,26)27)13-16(20(21(18)28)22(29)30)7-4-15-5-8-17(24)9-6-15/h3-9,13,28H,10-12H2,1-2H3,(H,29,30). The molecule has 0 unspecified atom stereocenters. The maximum Gasteiger partial charge on any atom is 0.392 e. The Balaban J connectivity index is 2.52. The summed E-state index contributed by atoms with van der Waals surface area (Å²) < 4.78 is 55.9. The Kier molecular flexibility index (Phi) is 7.85. The van der Waals surface area contributed by atoms with E-state index in [0.717, 1.165) is 5.57 Å². The number of carboxylic acids is 1. The lowest BCUT2D eigenvalue weighted by Gasteiger charge is -2.17. The Morgan fingerprint density at radius 2 is 1.77 bits per heavy atom. The van der Waals surface area contributed by atoms with Gasteiger partial charge in [-0.05, 0) is 49.6 Å². The third-order valence-corrected chi connectivity index (χ3v) is 4.29. The van der Waals surface area contributed by atoms with E-state index in [4.69, 9.17) is 4.74 Å². The molecule has 2 rings (SSSR count). The van der Waals surface area contributed by atoms with Gasteiger partial charge in [-0.1, -0.05) is 35.9 Å². The number of benzene rings is 2. The summed E-state index contributed by atoms with van der Waals surface area (Å²) in [5.74, 6) is -2.46. The lowest BCUT2D eigenvalue weighted by Crippen LogP contribution is -2.14. The fourth-order valence-corrected chi connectivity index (χ4v) is 2.73. The van der Waals surface area contributed by atoms with E-state index in [-0.39, 0.29) is 23.3 Å². The highest BCUT2D eigenvalue weighted by atomic mass is 19.4. The van der Waals surface area contributed by atoms with Crippen LogP contribution in [0.2, 0.25) is 0 Å². The van der Waals surface area contributed by atoms with Crippen molar-refractivity contribution in [1.29, 1.82) is 0 Å². The molecule has 0 amide bonds. The van der Waals surface area contributed by atoms with Crippen molar-refractivity contribution >= 4 is 18.1 Å². The molecule has 166 valence electrons. The molecular formula is C23H22F4O4. The zero-order chi connectivity index (χ0) is 23.2. The number of phenols is 1. The van der Waals surface area contributed by atoms with Crippen LogP contribution < -0.4 is 4.74 Å². The predicted octanol–water partition coefficient (Wildman–Crippen LogP) is 6.24. The number of allylic oxidation sites excluding steroid dienone is 2. The summed E-state index contributed by atoms with van der Waals surface area (Å²) in [4.78, 5) is 11.8. The smallest absolute Gasteiger partial charge is 0.392 e. The highest BCUT2D eigenvalue weighted by Crippen LogP contribution is 2.37. The minimum atomic E-state index is -4.42. The van der Waals surface area contributed by atoms with Crippen molar-refractivity contribution in [3.63, 3.8) is 0 Å². The van der Waals surface area contributed by atoms with E-state index in [1.165, 1.54) is 42.5 Å². The van der Waals surface area contributed by atoms with Crippen LogP contribution in [0.25, 0.3) is 12.2 Å². The molecule has 0 saturated carbocycles. The van der Waals surface area contributed by atoms with Crippen LogP contribution in [-0.4, -0.2) is 29.0 Å². The largest absolute Gasteiger partial charge is 0.507 e. The molecule has 4 nitrogen and oxygen atoms in total. The maximum atomic E-state index is 13.1. The molecule has 0 aliphatic carbocycles. The van der Waals surface area contributed by atoms with Gasteiger partial charge in [0.05, 0.1) is 13.0 Å². The summed E-state index contributed by atoms with van der Waals surface area (Å²) in [6.45, 7) is 2.90. The third kappa shape index (κ3) is 7.16. The summed E-state index contributed by atoms with van der Waals surface area (Å²) in [6, 6.07) is 6.67. The van der Waals surface area contributed by atoms with Gasteiger partial charge in [-0.25, -0.2) is 9.18 Å². The first-order valence-electron chi connectivity index (χ1n) is 9.36. The molecule has 2 aromatic rings. The lowest BCUT2D eigenvalue weighted by atomic mass is 9.97. The molecule has 0 bridgehead atoms. The third-order valence-electron chi connectivity index (χ3n) is 4.29. The van der Waals surface area contributed by atoms with Gasteiger partial charge in [0.2, 0.25) is 0 Å². The van der Waals surface area contributed by atoms with Gasteiger partial charge in [-0.3, -0.25) is 0 Å². The van der Waals surface area contributed by atoms with Gasteiger partial charge in [-0.15, -0.1) is 0 Å². The number of ether oxygens (including phenoxy) is 1. The molecule has 0 saturated heterocycles. The van der Waals surface area contributed by atoms with Crippen LogP contribution in [0, 0.1) is 5.82 Å². The monoisotopic (exact) mass is 438 g/mol. The molecule has 0 atom stereocenters. The number of carbonyl (C=O) groups is 1. The van der Waals surface area contributed by atoms with Crippen LogP contribution >= 0.6 is 0 Å². The molecule has 0 spiro atoms. The Morgan fingerprint density at radius 1 is 1.13 bits per heavy atom. The summed E-state index contributed by atoms with van der Waals surface area (Å²) in [6.07, 6.45) is -0.970. The Bertz CT molecular complexity index is 986. The highest BCUT2D eigenvalue weighted by molar-refractivity contribution is 5.97. The number of carboxylic acid groups (broad SMARTS) is 1. The molecule has 0 fully saturated rings. The first kappa shape index (κ1) is 24.0. The molecular weight excluding hydrogens is 416 g/mol. The van der Waals surface area contributed by atoms with Crippen molar-refractivity contribution in [2.45, 2.75) is 32.9 Å². The van der Waals surface area contributed by atoms with Gasteiger partial charge in [0.15, 0.2) is 0 Å². The molecule has 0 aliphatic rings. The quantitative estimate of drug-likeness (QED) is 0.291. The summed E-state index contributed by atoms with van der Waals surface area (Å²) in [5, 5.41) is 20.2. The fraction of sp³-hybridized carbons (Fsp3) is 0.261. The average molecular weight is 438 g/mol. The van der Waals surface area contributed by atoms with E-state index in [1.807, 2.05) is 0 Å². The fourth-order valence-electron chi connectivity index (χ4n) is 2.73. The van der Waals surface area contributed by atoms with Gasteiger partial charge >= 0.3 is 12.1 Å². The van der Waals surface area contributed by atoms with Crippen molar-refractivity contribution < 1.29 is 37.3 Å². The molecule has 2 N–H and O–H groups in total. The van der Waals surface area contributed by atoms with E-state index in [1.54, 1.807) is 19.9 Å². The second-order valence-electron chi connectivity index (χ2n) is 7.06. The van der Waals surface area contributed by atoms with Crippen LogP contribution in [0.4, 0.5) is 17.6 Å². The van der Waals surface area contributed by atoms with E-state index in [0.29, 0.717) is 5.56 Å². The molecule has 31 heavy (non-hydrogen) atoms. The van der Waals surface area contributed by atoms with E-state index < -0.39 is 42.3 Å². The van der Waals surface area contributed by atoms with Crippen molar-refractivity contribution in [2.75, 3.05) is 6.61 Å². The zero-order valence-corrected chi connectivity index (χ0v) is 17.0. The second-order valence-corrected chi connectivity index (χ2v) is 7.06. The second kappa shape index (κ2) is 10.1. The molecule has 2 aromatic carbocycles. The summed E-state index contributed by atoms with van der Waals surface area (Å²) in [7, 11) is 0. The lowest BCUT2D eigenvalue weighted by molar-refractivity contribution is -0.139. The number of rotatable bonds is 8. The Hall–Kier alpha value is -3.29. The summed E-state index contributed by atoms with van der Waals surface area (Å²) >= 11 is 0. The highest BCUT2D eigenvalue weighted by Gasteiger charge is 2.28. The normalized spacial score (nSPS) is 11.5. The molecule has 0 aliphatic heterocycles. The molecule has 8 heteroatoms. The number of halogens is 4. The predicted molar refractivity (Wildman–Crippen MR) is 110 cm³/mol. The van der Waals surface area contributed by atoms with Gasteiger partial charge < -0.3 is 14.9 Å². The van der Waals surface area contributed by atoms with Crippen molar-refractivity contribution in [2.24, 2.45) is 0 Å². The minimum absolute atomic E-state index is 0.0389. The van der Waals surface area contributed by atoms with Gasteiger partial charge in [-0.2, -0.15) is 13.2 Å². The van der Waals surface area contributed by atoms with Crippen molar-refractivity contribution in [3.05, 3.63) is 70.1 Å². The number of aromatic carboxylic acids is 1. The first-order valence-corrected chi connectivity index (χ1v) is 9.36. The zero-order valence-electron chi connectivity index (χ0n) is 17.0. The SMILES string of the molecule is CC(C)=CCc1c(OCCC(F)(F)F)cc(C=Cc2ccc(F)cc2)c(C(=O)O)c1O. The maximum absolute atomic E-state index is 13.1. The van der Waals surface area contributed by atoms with Crippen LogP contribution in [0.3, 0.4) is 0 Å². The van der Waals surface area contributed by atoms with Gasteiger partial charge in [0.1, 0.15) is 22.9 Å². The van der Waals surface area contributed by atoms with Crippen LogP contribution in [-0.2, 0) is 6.42 Å². The molecule has 0 heterocycles. The topological polar surface area (TPSA) is 66.8 Å². The first-order chi connectivity index (χ1) is 14.5. The average Bonchev–Trinajstić information content (AvgIpc) is 2.65. The van der Waals surface area contributed by atoms with Crippen LogP contribution in [0.1, 0.15) is 47.3 Å². The van der Waals surface area contributed by atoms with E-state index in [9.17, 15) is 32.6 Å². The van der Waals surface area contributed by atoms with Gasteiger partial charge in [0.25, 0.3) is 0 Å². The number of aromatic hydroxyl groups is 1. The number of alkyl halides is 3. The van der Waals surface area contributed by atoms with Crippen molar-refractivity contribution in [1.82, 2.24) is 0 Å². The molecule has 0 aromatic heterocycles.